The third-order valence-corrected chi connectivity index (χ3v) is 7.20. The molecule has 1 amide bonds. The predicted molar refractivity (Wildman–Crippen MR) is 146 cm³/mol. The van der Waals surface area contributed by atoms with Crippen molar-refractivity contribution in [1.82, 2.24) is 4.98 Å². The number of carbonyl (C=O) groups is 2. The van der Waals surface area contributed by atoms with Crippen LogP contribution < -0.4 is 20.1 Å². The summed E-state index contributed by atoms with van der Waals surface area (Å²) in [5, 5.41) is 11.9. The first-order valence-corrected chi connectivity index (χ1v) is 13.0. The topological polar surface area (TPSA) is 127 Å². The number of nitrogens with zero attached hydrogens (tertiary/aromatic N) is 1. The minimum Gasteiger partial charge on any atom is -0.506 e. The maximum atomic E-state index is 13.4. The van der Waals surface area contributed by atoms with Crippen LogP contribution in [-0.2, 0) is 9.53 Å². The second-order valence-electron chi connectivity index (χ2n) is 8.73. The van der Waals surface area contributed by atoms with E-state index in [4.69, 9.17) is 19.9 Å². The van der Waals surface area contributed by atoms with Gasteiger partial charge in [0.2, 0.25) is 0 Å². The number of aromatic amines is 1. The molecule has 196 valence electrons. The highest BCUT2D eigenvalue weighted by Gasteiger charge is 2.36. The van der Waals surface area contributed by atoms with Gasteiger partial charge in [0.15, 0.2) is 11.5 Å². The molecule has 1 aliphatic rings. The number of benzene rings is 2. The molecular formula is C27H30BrN3O6. The summed E-state index contributed by atoms with van der Waals surface area (Å²) < 4.78 is 16.1. The number of H-pyrrole nitrogens is 1. The molecule has 4 rings (SSSR count). The van der Waals surface area contributed by atoms with Gasteiger partial charge in [0.25, 0.3) is 5.91 Å². The number of aromatic nitrogens is 1. The van der Waals surface area contributed by atoms with E-state index < -0.39 is 5.97 Å². The van der Waals surface area contributed by atoms with Crippen LogP contribution in [0.3, 0.4) is 0 Å². The fraction of sp³-hybridized carbons (Fsp3) is 0.333. The van der Waals surface area contributed by atoms with Crippen molar-refractivity contribution in [3.8, 4) is 17.2 Å². The highest BCUT2D eigenvalue weighted by molar-refractivity contribution is 9.09. The summed E-state index contributed by atoms with van der Waals surface area (Å²) in [6, 6.07) is 6.99. The monoisotopic (exact) mass is 571 g/mol. The number of aromatic hydroxyl groups is 1. The molecule has 1 aliphatic heterocycles. The van der Waals surface area contributed by atoms with E-state index in [1.807, 2.05) is 6.07 Å². The SMILES string of the molecule is COC(=O)c1c(C)[nH]c2c(O)cc3c(c12)[C@H](CBr)CN3C(=O)/C=C/c1ccc(OC)c(OCCCN)c1. The number of fused-ring (bicyclic) bond motifs is 3. The van der Waals surface area contributed by atoms with E-state index in [9.17, 15) is 14.7 Å². The number of hydrogen-bond acceptors (Lipinski definition) is 7. The van der Waals surface area contributed by atoms with Crippen molar-refractivity contribution < 1.29 is 28.9 Å². The standard InChI is InChI=1S/C27H30BrN3O6/c1-15-23(27(34)36-3)25-24-17(13-28)14-31(18(24)12-19(32)26(25)30-15)22(33)8-6-16-5-7-20(35-2)21(11-16)37-10-4-9-29/h5-8,11-12,17,30,32H,4,9-10,13-14,29H2,1-3H3/b8-6+/t17-/m1/s1. The maximum Gasteiger partial charge on any atom is 0.340 e. The molecule has 0 aliphatic carbocycles. The fourth-order valence-electron chi connectivity index (χ4n) is 4.67. The Kier molecular flexibility index (Phi) is 8.09. The number of phenolic OH excluding ortho intramolecular Hbond substituents is 1. The van der Waals surface area contributed by atoms with Crippen molar-refractivity contribution in [2.75, 3.05) is 44.1 Å². The number of ether oxygens (including phenoxy) is 3. The number of alkyl halides is 1. The van der Waals surface area contributed by atoms with Crippen LogP contribution in [0, 0.1) is 6.92 Å². The van der Waals surface area contributed by atoms with E-state index >= 15 is 0 Å². The second-order valence-corrected chi connectivity index (χ2v) is 9.38. The average Bonchev–Trinajstić information content (AvgIpc) is 3.44. The number of nitrogens with two attached hydrogens (primary N) is 1. The third kappa shape index (κ3) is 5.03. The van der Waals surface area contributed by atoms with Crippen LogP contribution in [-0.4, -0.2) is 61.2 Å². The highest BCUT2D eigenvalue weighted by atomic mass is 79.9. The fourth-order valence-corrected chi connectivity index (χ4v) is 5.19. The van der Waals surface area contributed by atoms with E-state index in [0.717, 1.165) is 11.1 Å². The van der Waals surface area contributed by atoms with Gasteiger partial charge in [-0.25, -0.2) is 4.79 Å². The molecule has 0 unspecified atom stereocenters. The first-order chi connectivity index (χ1) is 17.8. The first-order valence-electron chi connectivity index (χ1n) is 11.9. The molecule has 0 saturated carbocycles. The molecule has 0 saturated heterocycles. The van der Waals surface area contributed by atoms with E-state index in [1.165, 1.54) is 13.2 Å². The van der Waals surface area contributed by atoms with Crippen molar-refractivity contribution in [3.63, 3.8) is 0 Å². The zero-order chi connectivity index (χ0) is 26.7. The summed E-state index contributed by atoms with van der Waals surface area (Å²) >= 11 is 3.56. The van der Waals surface area contributed by atoms with Crippen LogP contribution in [0.15, 0.2) is 30.3 Å². The molecular weight excluding hydrogens is 542 g/mol. The highest BCUT2D eigenvalue weighted by Crippen LogP contribution is 2.47. The van der Waals surface area contributed by atoms with Gasteiger partial charge in [-0.2, -0.15) is 0 Å². The lowest BCUT2D eigenvalue weighted by atomic mass is 9.96. The Balaban J connectivity index is 1.69. The van der Waals surface area contributed by atoms with E-state index in [0.29, 0.717) is 70.8 Å². The number of hydrogen-bond donors (Lipinski definition) is 3. The normalized spacial score (nSPS) is 14.8. The number of methoxy groups -OCH3 is 2. The molecule has 2 aromatic carbocycles. The van der Waals surface area contributed by atoms with Crippen molar-refractivity contribution in [2.45, 2.75) is 19.3 Å². The summed E-state index contributed by atoms with van der Waals surface area (Å²) in [4.78, 5) is 30.7. The maximum absolute atomic E-state index is 13.4. The zero-order valence-corrected chi connectivity index (χ0v) is 22.6. The number of nitrogens with one attached hydrogen (secondary N) is 1. The van der Waals surface area contributed by atoms with Crippen LogP contribution in [0.2, 0.25) is 0 Å². The van der Waals surface area contributed by atoms with E-state index in [-0.39, 0.29) is 17.6 Å². The number of rotatable bonds is 9. The molecule has 10 heteroatoms. The van der Waals surface area contributed by atoms with Crippen LogP contribution in [0.1, 0.15) is 39.5 Å². The zero-order valence-electron chi connectivity index (χ0n) is 21.0. The van der Waals surface area contributed by atoms with Crippen LogP contribution in [0.25, 0.3) is 17.0 Å². The lowest BCUT2D eigenvalue weighted by molar-refractivity contribution is -0.114. The molecule has 3 aromatic rings. The van der Waals surface area contributed by atoms with Gasteiger partial charge in [-0.15, -0.1) is 0 Å². The molecule has 9 nitrogen and oxygen atoms in total. The number of esters is 1. The van der Waals surface area contributed by atoms with Crippen molar-refractivity contribution in [3.05, 3.63) is 52.7 Å². The Labute approximate surface area is 223 Å². The third-order valence-electron chi connectivity index (χ3n) is 6.42. The van der Waals surface area contributed by atoms with E-state index in [1.54, 1.807) is 43.2 Å². The average molecular weight is 572 g/mol. The number of anilines is 1. The Morgan fingerprint density at radius 1 is 1.27 bits per heavy atom. The predicted octanol–water partition coefficient (Wildman–Crippen LogP) is 4.24. The molecule has 1 aromatic heterocycles. The summed E-state index contributed by atoms with van der Waals surface area (Å²) in [5.74, 6) is 0.282. The summed E-state index contributed by atoms with van der Waals surface area (Å²) in [5.41, 5.74) is 9.10. The molecule has 1 atom stereocenters. The van der Waals surface area contributed by atoms with Gasteiger partial charge in [-0.3, -0.25) is 4.79 Å². The molecule has 0 spiro atoms. The lowest BCUT2D eigenvalue weighted by Crippen LogP contribution is -2.28. The first kappa shape index (κ1) is 26.6. The summed E-state index contributed by atoms with van der Waals surface area (Å²) in [6.45, 7) is 3.13. The van der Waals surface area contributed by atoms with Crippen LogP contribution in [0.5, 0.6) is 17.2 Å². The number of aryl methyl sites for hydroxylation is 1. The quantitative estimate of drug-likeness (QED) is 0.152. The van der Waals surface area contributed by atoms with Crippen LogP contribution >= 0.6 is 15.9 Å². The number of amides is 1. The van der Waals surface area contributed by atoms with Crippen molar-refractivity contribution >= 4 is 50.5 Å². The second kappa shape index (κ2) is 11.3. The van der Waals surface area contributed by atoms with Gasteiger partial charge >= 0.3 is 5.97 Å². The Morgan fingerprint density at radius 2 is 2.05 bits per heavy atom. The molecule has 0 bridgehead atoms. The summed E-state index contributed by atoms with van der Waals surface area (Å²) in [7, 11) is 2.89. The number of halogens is 1. The Morgan fingerprint density at radius 3 is 2.73 bits per heavy atom. The molecule has 2 heterocycles. The van der Waals surface area contributed by atoms with Crippen molar-refractivity contribution in [1.29, 1.82) is 0 Å². The minimum atomic E-state index is -0.501. The van der Waals surface area contributed by atoms with Gasteiger partial charge in [-0.05, 0) is 49.2 Å². The van der Waals surface area contributed by atoms with Crippen LogP contribution in [0.4, 0.5) is 5.69 Å². The summed E-state index contributed by atoms with van der Waals surface area (Å²) in [6.07, 6.45) is 3.90. The lowest BCUT2D eigenvalue weighted by Gasteiger charge is -2.16. The number of carbonyl (C=O) groups excluding carboxylic acids is 2. The van der Waals surface area contributed by atoms with Crippen molar-refractivity contribution in [2.24, 2.45) is 5.73 Å². The van der Waals surface area contributed by atoms with Gasteiger partial charge in [0.05, 0.1) is 37.6 Å². The minimum absolute atomic E-state index is 0.0431. The van der Waals surface area contributed by atoms with Gasteiger partial charge in [0.1, 0.15) is 5.75 Å². The molecule has 0 radical (unpaired) electrons. The smallest absolute Gasteiger partial charge is 0.340 e. The van der Waals surface area contributed by atoms with Gasteiger partial charge in [0, 0.05) is 41.0 Å². The molecule has 37 heavy (non-hydrogen) atoms. The molecule has 0 fully saturated rings. The van der Waals surface area contributed by atoms with Gasteiger partial charge in [-0.1, -0.05) is 22.0 Å². The largest absolute Gasteiger partial charge is 0.506 e. The number of phenols is 1. The van der Waals surface area contributed by atoms with E-state index in [2.05, 4.69) is 20.9 Å². The van der Waals surface area contributed by atoms with Gasteiger partial charge < -0.3 is 34.9 Å². The molecule has 4 N–H and O–H groups in total. The Hall–Kier alpha value is -3.50. The Bertz CT molecular complexity index is 1370.